The van der Waals surface area contributed by atoms with Gasteiger partial charge in [-0.2, -0.15) is 0 Å². The SMILES string of the molecule is CCCOc1ccc(S(=O)(=O)NCC2CC2)cc1CO. The van der Waals surface area contributed by atoms with Crippen LogP contribution in [0.4, 0.5) is 0 Å². The van der Waals surface area contributed by atoms with E-state index in [1.54, 1.807) is 6.07 Å². The highest BCUT2D eigenvalue weighted by Gasteiger charge is 2.24. The van der Waals surface area contributed by atoms with E-state index < -0.39 is 10.0 Å². The summed E-state index contributed by atoms with van der Waals surface area (Å²) in [6.07, 6.45) is 3.04. The number of sulfonamides is 1. The van der Waals surface area contributed by atoms with Crippen molar-refractivity contribution in [3.8, 4) is 5.75 Å². The summed E-state index contributed by atoms with van der Waals surface area (Å²) >= 11 is 0. The first-order valence-corrected chi connectivity index (χ1v) is 8.41. The van der Waals surface area contributed by atoms with Gasteiger partial charge >= 0.3 is 0 Å². The second-order valence-corrected chi connectivity index (χ2v) is 6.84. The van der Waals surface area contributed by atoms with Gasteiger partial charge in [-0.05, 0) is 43.4 Å². The Balaban J connectivity index is 2.14. The Morgan fingerprint density at radius 1 is 1.40 bits per heavy atom. The molecular weight excluding hydrogens is 278 g/mol. The fraction of sp³-hybridized carbons (Fsp3) is 0.571. The van der Waals surface area contributed by atoms with Gasteiger partial charge in [-0.3, -0.25) is 0 Å². The Labute approximate surface area is 120 Å². The molecule has 0 aliphatic heterocycles. The number of benzene rings is 1. The van der Waals surface area contributed by atoms with E-state index in [2.05, 4.69) is 4.72 Å². The molecule has 0 aromatic heterocycles. The van der Waals surface area contributed by atoms with Crippen LogP contribution in [0, 0.1) is 5.92 Å². The molecule has 0 radical (unpaired) electrons. The second-order valence-electron chi connectivity index (χ2n) is 5.07. The van der Waals surface area contributed by atoms with Crippen LogP contribution in [0.2, 0.25) is 0 Å². The summed E-state index contributed by atoms with van der Waals surface area (Å²) in [6.45, 7) is 2.77. The standard InChI is InChI=1S/C14H21NO4S/c1-2-7-19-14-6-5-13(8-12(14)10-16)20(17,18)15-9-11-3-4-11/h5-6,8,11,15-16H,2-4,7,9-10H2,1H3. The smallest absolute Gasteiger partial charge is 0.240 e. The van der Waals surface area contributed by atoms with E-state index in [0.29, 0.717) is 30.4 Å². The van der Waals surface area contributed by atoms with Gasteiger partial charge in [0.1, 0.15) is 5.75 Å². The predicted molar refractivity (Wildman–Crippen MR) is 76.1 cm³/mol. The fourth-order valence-corrected chi connectivity index (χ4v) is 3.00. The summed E-state index contributed by atoms with van der Waals surface area (Å²) in [5, 5.41) is 9.34. The van der Waals surface area contributed by atoms with Crippen LogP contribution in [-0.2, 0) is 16.6 Å². The molecule has 5 nitrogen and oxygen atoms in total. The predicted octanol–water partition coefficient (Wildman–Crippen LogP) is 1.66. The van der Waals surface area contributed by atoms with Crippen LogP contribution in [0.3, 0.4) is 0 Å². The molecule has 1 aliphatic carbocycles. The summed E-state index contributed by atoms with van der Waals surface area (Å²) in [4.78, 5) is 0.172. The molecule has 1 aromatic carbocycles. The van der Waals surface area contributed by atoms with E-state index in [9.17, 15) is 13.5 Å². The van der Waals surface area contributed by atoms with Crippen molar-refractivity contribution in [3.05, 3.63) is 23.8 Å². The molecule has 0 bridgehead atoms. The molecule has 1 aromatic rings. The van der Waals surface area contributed by atoms with Gasteiger partial charge in [0, 0.05) is 12.1 Å². The van der Waals surface area contributed by atoms with Crippen molar-refractivity contribution >= 4 is 10.0 Å². The zero-order valence-electron chi connectivity index (χ0n) is 11.6. The molecular formula is C14H21NO4S. The average Bonchev–Trinajstić information content (AvgIpc) is 3.27. The summed E-state index contributed by atoms with van der Waals surface area (Å²) in [7, 11) is -3.50. The summed E-state index contributed by atoms with van der Waals surface area (Å²) in [5.74, 6) is 1.02. The van der Waals surface area contributed by atoms with E-state index in [1.165, 1.54) is 12.1 Å². The van der Waals surface area contributed by atoms with Gasteiger partial charge in [-0.25, -0.2) is 13.1 Å². The van der Waals surface area contributed by atoms with Gasteiger partial charge in [0.05, 0.1) is 18.1 Å². The Bertz CT molecular complexity index is 552. The Morgan fingerprint density at radius 3 is 2.75 bits per heavy atom. The molecule has 6 heteroatoms. The average molecular weight is 299 g/mol. The molecule has 0 unspecified atom stereocenters. The molecule has 112 valence electrons. The maximum Gasteiger partial charge on any atom is 0.240 e. The Kier molecular flexibility index (Phi) is 5.01. The van der Waals surface area contributed by atoms with Crippen molar-refractivity contribution in [2.75, 3.05) is 13.2 Å². The molecule has 2 N–H and O–H groups in total. The monoisotopic (exact) mass is 299 g/mol. The van der Waals surface area contributed by atoms with Crippen LogP contribution >= 0.6 is 0 Å². The molecule has 2 rings (SSSR count). The highest BCUT2D eigenvalue weighted by Crippen LogP contribution is 2.28. The lowest BCUT2D eigenvalue weighted by molar-refractivity contribution is 0.262. The van der Waals surface area contributed by atoms with E-state index in [1.807, 2.05) is 6.92 Å². The topological polar surface area (TPSA) is 75.6 Å². The van der Waals surface area contributed by atoms with Crippen molar-refractivity contribution in [1.29, 1.82) is 0 Å². The van der Waals surface area contributed by atoms with Crippen molar-refractivity contribution < 1.29 is 18.3 Å². The van der Waals surface area contributed by atoms with Gasteiger partial charge in [0.2, 0.25) is 10.0 Å². The first kappa shape index (κ1) is 15.3. The van der Waals surface area contributed by atoms with Gasteiger partial charge in [-0.1, -0.05) is 6.92 Å². The van der Waals surface area contributed by atoms with Crippen LogP contribution in [0.1, 0.15) is 31.7 Å². The zero-order valence-corrected chi connectivity index (χ0v) is 12.4. The third kappa shape index (κ3) is 3.94. The van der Waals surface area contributed by atoms with Crippen LogP contribution in [0.15, 0.2) is 23.1 Å². The lowest BCUT2D eigenvalue weighted by atomic mass is 10.2. The molecule has 1 aliphatic rings. The van der Waals surface area contributed by atoms with Crippen LogP contribution in [0.5, 0.6) is 5.75 Å². The fourth-order valence-electron chi connectivity index (χ4n) is 1.83. The Morgan fingerprint density at radius 2 is 2.15 bits per heavy atom. The van der Waals surface area contributed by atoms with E-state index in [-0.39, 0.29) is 11.5 Å². The number of nitrogens with one attached hydrogen (secondary N) is 1. The quantitative estimate of drug-likeness (QED) is 0.765. The highest BCUT2D eigenvalue weighted by molar-refractivity contribution is 7.89. The minimum Gasteiger partial charge on any atom is -0.493 e. The molecule has 1 fully saturated rings. The number of ether oxygens (including phenoxy) is 1. The summed E-state index contributed by atoms with van der Waals surface area (Å²) in [6, 6.07) is 4.59. The number of hydrogen-bond acceptors (Lipinski definition) is 4. The van der Waals surface area contributed by atoms with E-state index in [4.69, 9.17) is 4.74 Å². The number of rotatable bonds is 8. The van der Waals surface area contributed by atoms with Crippen molar-refractivity contribution in [2.24, 2.45) is 5.92 Å². The van der Waals surface area contributed by atoms with Crippen molar-refractivity contribution in [3.63, 3.8) is 0 Å². The molecule has 0 amide bonds. The molecule has 0 saturated heterocycles. The number of aliphatic hydroxyl groups is 1. The second kappa shape index (κ2) is 6.56. The van der Waals surface area contributed by atoms with Gasteiger partial charge in [0.25, 0.3) is 0 Å². The zero-order chi connectivity index (χ0) is 14.6. The first-order valence-electron chi connectivity index (χ1n) is 6.93. The summed E-state index contributed by atoms with van der Waals surface area (Å²) < 4.78 is 32.3. The van der Waals surface area contributed by atoms with E-state index in [0.717, 1.165) is 19.3 Å². The third-order valence-electron chi connectivity index (χ3n) is 3.23. The number of aliphatic hydroxyl groups excluding tert-OH is 1. The maximum atomic E-state index is 12.1. The minimum atomic E-state index is -3.50. The van der Waals surface area contributed by atoms with Gasteiger partial charge < -0.3 is 9.84 Å². The molecule has 20 heavy (non-hydrogen) atoms. The van der Waals surface area contributed by atoms with Crippen LogP contribution in [0.25, 0.3) is 0 Å². The molecule has 0 atom stereocenters. The number of hydrogen-bond donors (Lipinski definition) is 2. The lowest BCUT2D eigenvalue weighted by Crippen LogP contribution is -2.26. The van der Waals surface area contributed by atoms with Gasteiger partial charge in [-0.15, -0.1) is 0 Å². The first-order chi connectivity index (χ1) is 9.56. The van der Waals surface area contributed by atoms with Crippen LogP contribution < -0.4 is 9.46 Å². The van der Waals surface area contributed by atoms with Crippen molar-refractivity contribution in [1.82, 2.24) is 4.72 Å². The van der Waals surface area contributed by atoms with Gasteiger partial charge in [0.15, 0.2) is 0 Å². The van der Waals surface area contributed by atoms with Crippen molar-refractivity contribution in [2.45, 2.75) is 37.7 Å². The minimum absolute atomic E-state index is 0.172. The third-order valence-corrected chi connectivity index (χ3v) is 4.65. The van der Waals surface area contributed by atoms with Crippen LogP contribution in [-0.4, -0.2) is 26.7 Å². The maximum absolute atomic E-state index is 12.1. The highest BCUT2D eigenvalue weighted by atomic mass is 32.2. The molecule has 0 heterocycles. The summed E-state index contributed by atoms with van der Waals surface area (Å²) in [5.41, 5.74) is 0.493. The Hall–Kier alpha value is -1.11. The van der Waals surface area contributed by atoms with E-state index >= 15 is 0 Å². The molecule has 0 spiro atoms. The largest absolute Gasteiger partial charge is 0.493 e. The normalized spacial score (nSPS) is 15.3. The lowest BCUT2D eigenvalue weighted by Gasteiger charge is -2.12. The molecule has 1 saturated carbocycles.